The zero-order valence-electron chi connectivity index (χ0n) is 9.19. The molecule has 3 rings (SSSR count). The molecule has 0 saturated heterocycles. The second kappa shape index (κ2) is 3.30. The summed E-state index contributed by atoms with van der Waals surface area (Å²) in [5, 5.41) is 4.64. The van der Waals surface area contributed by atoms with Crippen molar-refractivity contribution >= 4 is 0 Å². The van der Waals surface area contributed by atoms with Crippen LogP contribution < -0.4 is 5.73 Å². The summed E-state index contributed by atoms with van der Waals surface area (Å²) >= 11 is 0. The molecule has 82 valence electrons. The van der Waals surface area contributed by atoms with Crippen molar-refractivity contribution in [2.24, 2.45) is 5.73 Å². The molecule has 2 N–H and O–H groups in total. The van der Waals surface area contributed by atoms with E-state index in [-0.39, 0.29) is 6.04 Å². The molecule has 1 aliphatic carbocycles. The summed E-state index contributed by atoms with van der Waals surface area (Å²) < 4.78 is 2.10. The summed E-state index contributed by atoms with van der Waals surface area (Å²) in [6, 6.07) is 0.548. The Morgan fingerprint density at radius 3 is 2.87 bits per heavy atom. The Bertz CT molecular complexity index is 365. The lowest BCUT2D eigenvalue weighted by atomic mass is 10.00. The Morgan fingerprint density at radius 2 is 2.20 bits per heavy atom. The maximum absolute atomic E-state index is 5.99. The second-order valence-corrected chi connectivity index (χ2v) is 4.92. The van der Waals surface area contributed by atoms with Crippen molar-refractivity contribution in [2.75, 3.05) is 0 Å². The van der Waals surface area contributed by atoms with E-state index in [1.165, 1.54) is 19.3 Å². The van der Waals surface area contributed by atoms with Crippen LogP contribution in [-0.2, 0) is 6.42 Å². The molecule has 1 aromatic heterocycles. The zero-order chi connectivity index (χ0) is 10.4. The quantitative estimate of drug-likeness (QED) is 0.795. The summed E-state index contributed by atoms with van der Waals surface area (Å²) in [5.74, 6) is 2.87. The zero-order valence-corrected chi connectivity index (χ0v) is 9.19. The minimum Gasteiger partial charge on any atom is -0.326 e. The molecule has 1 aliphatic heterocycles. The van der Waals surface area contributed by atoms with E-state index in [0.29, 0.717) is 12.0 Å². The second-order valence-electron chi connectivity index (χ2n) is 4.92. The molecule has 0 bridgehead atoms. The number of hydrogen-bond donors (Lipinski definition) is 1. The Morgan fingerprint density at radius 1 is 1.40 bits per heavy atom. The van der Waals surface area contributed by atoms with Gasteiger partial charge in [0.2, 0.25) is 0 Å². The molecule has 0 aromatic carbocycles. The lowest BCUT2D eigenvalue weighted by molar-refractivity contribution is 0.320. The Hall–Kier alpha value is -0.900. The van der Waals surface area contributed by atoms with E-state index in [1.54, 1.807) is 0 Å². The van der Waals surface area contributed by atoms with Crippen LogP contribution >= 0.6 is 0 Å². The number of fused-ring (bicyclic) bond motifs is 1. The van der Waals surface area contributed by atoms with Gasteiger partial charge in [-0.2, -0.15) is 5.10 Å². The fraction of sp³-hybridized carbons (Fsp3) is 0.818. The maximum atomic E-state index is 5.99. The third-order valence-corrected chi connectivity index (χ3v) is 3.48. The van der Waals surface area contributed by atoms with E-state index >= 15 is 0 Å². The first-order chi connectivity index (χ1) is 7.25. The van der Waals surface area contributed by atoms with Gasteiger partial charge in [-0.15, -0.1) is 0 Å². The van der Waals surface area contributed by atoms with Gasteiger partial charge in [0.1, 0.15) is 5.82 Å². The predicted octanol–water partition coefficient (Wildman–Crippen LogP) is 1.38. The van der Waals surface area contributed by atoms with E-state index in [1.807, 2.05) is 0 Å². The first-order valence-electron chi connectivity index (χ1n) is 5.96. The van der Waals surface area contributed by atoms with Crippen LogP contribution in [0.25, 0.3) is 0 Å². The van der Waals surface area contributed by atoms with Crippen molar-refractivity contribution in [3.05, 3.63) is 11.6 Å². The standard InChI is InChI=1S/C11H18N4/c1-7(12)9-3-2-4-10-13-11(8-5-6-8)14-15(9)10/h7-9H,2-6,12H2,1H3. The molecule has 2 heterocycles. The van der Waals surface area contributed by atoms with Crippen molar-refractivity contribution in [1.29, 1.82) is 0 Å². The van der Waals surface area contributed by atoms with Crippen LogP contribution in [0.4, 0.5) is 0 Å². The molecule has 4 heteroatoms. The summed E-state index contributed by atoms with van der Waals surface area (Å²) in [6.07, 6.45) is 5.97. The van der Waals surface area contributed by atoms with Gasteiger partial charge in [-0.05, 0) is 32.6 Å². The van der Waals surface area contributed by atoms with Gasteiger partial charge in [0, 0.05) is 18.4 Å². The van der Waals surface area contributed by atoms with Gasteiger partial charge in [0.25, 0.3) is 0 Å². The van der Waals surface area contributed by atoms with Gasteiger partial charge in [-0.25, -0.2) is 9.67 Å². The number of aryl methyl sites for hydroxylation is 1. The lowest BCUT2D eigenvalue weighted by Gasteiger charge is -2.26. The third-order valence-electron chi connectivity index (χ3n) is 3.48. The molecular formula is C11H18N4. The summed E-state index contributed by atoms with van der Waals surface area (Å²) in [7, 11) is 0. The molecule has 1 aromatic rings. The first-order valence-corrected chi connectivity index (χ1v) is 5.96. The molecule has 1 saturated carbocycles. The van der Waals surface area contributed by atoms with Crippen molar-refractivity contribution in [3.63, 3.8) is 0 Å². The average Bonchev–Trinajstić information content (AvgIpc) is 2.96. The SMILES string of the molecule is CC(N)C1CCCc2nc(C3CC3)nn21. The third kappa shape index (κ3) is 1.57. The molecule has 4 nitrogen and oxygen atoms in total. The number of aromatic nitrogens is 3. The Labute approximate surface area is 89.9 Å². The van der Waals surface area contributed by atoms with Crippen LogP contribution in [0, 0.1) is 0 Å². The van der Waals surface area contributed by atoms with E-state index in [4.69, 9.17) is 5.73 Å². The van der Waals surface area contributed by atoms with Crippen LogP contribution in [0.5, 0.6) is 0 Å². The van der Waals surface area contributed by atoms with Crippen LogP contribution in [0.15, 0.2) is 0 Å². The molecule has 15 heavy (non-hydrogen) atoms. The average molecular weight is 206 g/mol. The van der Waals surface area contributed by atoms with Gasteiger partial charge in [0.05, 0.1) is 6.04 Å². The minimum absolute atomic E-state index is 0.179. The summed E-state index contributed by atoms with van der Waals surface area (Å²) in [4.78, 5) is 4.64. The topological polar surface area (TPSA) is 56.7 Å². The fourth-order valence-corrected chi connectivity index (χ4v) is 2.40. The van der Waals surface area contributed by atoms with Gasteiger partial charge in [-0.1, -0.05) is 0 Å². The number of rotatable bonds is 2. The number of hydrogen-bond acceptors (Lipinski definition) is 3. The molecule has 2 aliphatic rings. The summed E-state index contributed by atoms with van der Waals surface area (Å²) in [5.41, 5.74) is 5.99. The molecule has 0 radical (unpaired) electrons. The van der Waals surface area contributed by atoms with Crippen molar-refractivity contribution in [3.8, 4) is 0 Å². The lowest BCUT2D eigenvalue weighted by Crippen LogP contribution is -2.33. The Balaban J connectivity index is 1.95. The van der Waals surface area contributed by atoms with E-state index in [0.717, 1.165) is 24.5 Å². The van der Waals surface area contributed by atoms with Gasteiger partial charge < -0.3 is 5.73 Å². The smallest absolute Gasteiger partial charge is 0.154 e. The van der Waals surface area contributed by atoms with Crippen molar-refractivity contribution < 1.29 is 0 Å². The predicted molar refractivity (Wildman–Crippen MR) is 57.6 cm³/mol. The minimum atomic E-state index is 0.179. The highest BCUT2D eigenvalue weighted by molar-refractivity contribution is 5.08. The van der Waals surface area contributed by atoms with Crippen LogP contribution in [0.1, 0.15) is 56.2 Å². The van der Waals surface area contributed by atoms with Crippen LogP contribution in [0.2, 0.25) is 0 Å². The molecule has 1 fully saturated rings. The highest BCUT2D eigenvalue weighted by atomic mass is 15.4. The number of nitrogens with zero attached hydrogens (tertiary/aromatic N) is 3. The van der Waals surface area contributed by atoms with Crippen LogP contribution in [0.3, 0.4) is 0 Å². The van der Waals surface area contributed by atoms with Gasteiger partial charge in [-0.3, -0.25) is 0 Å². The summed E-state index contributed by atoms with van der Waals surface area (Å²) in [6.45, 7) is 2.07. The maximum Gasteiger partial charge on any atom is 0.154 e. The number of nitrogens with two attached hydrogens (primary N) is 1. The highest BCUT2D eigenvalue weighted by Gasteiger charge is 2.32. The molecule has 2 unspecified atom stereocenters. The Kier molecular flexibility index (Phi) is 2.06. The molecule has 2 atom stereocenters. The fourth-order valence-electron chi connectivity index (χ4n) is 2.40. The molecule has 0 spiro atoms. The van der Waals surface area contributed by atoms with E-state index < -0.39 is 0 Å². The molecular weight excluding hydrogens is 188 g/mol. The van der Waals surface area contributed by atoms with Gasteiger partial charge >= 0.3 is 0 Å². The monoisotopic (exact) mass is 206 g/mol. The van der Waals surface area contributed by atoms with Gasteiger partial charge in [0.15, 0.2) is 5.82 Å². The largest absolute Gasteiger partial charge is 0.326 e. The van der Waals surface area contributed by atoms with Crippen molar-refractivity contribution in [1.82, 2.24) is 14.8 Å². The van der Waals surface area contributed by atoms with E-state index in [9.17, 15) is 0 Å². The van der Waals surface area contributed by atoms with Crippen LogP contribution in [-0.4, -0.2) is 20.8 Å². The first kappa shape index (κ1) is 9.33. The van der Waals surface area contributed by atoms with Crippen molar-refractivity contribution in [2.45, 2.75) is 57.0 Å². The molecule has 0 amide bonds. The normalized spacial score (nSPS) is 27.5. The highest BCUT2D eigenvalue weighted by Crippen LogP contribution is 2.39. The van der Waals surface area contributed by atoms with E-state index in [2.05, 4.69) is 21.7 Å².